The molecule has 3 aliphatic rings. The Bertz CT molecular complexity index is 929. The van der Waals surface area contributed by atoms with E-state index in [0.29, 0.717) is 24.7 Å². The van der Waals surface area contributed by atoms with Crippen LogP contribution < -0.4 is 0 Å². The highest BCUT2D eigenvalue weighted by atomic mass is 16.5. The minimum atomic E-state index is -0.410. The molecule has 1 aromatic carbocycles. The van der Waals surface area contributed by atoms with E-state index >= 15 is 0 Å². The van der Waals surface area contributed by atoms with Crippen molar-refractivity contribution in [1.82, 2.24) is 0 Å². The Hall–Kier alpha value is -2.23. The van der Waals surface area contributed by atoms with Gasteiger partial charge in [0.1, 0.15) is 11.5 Å². The van der Waals surface area contributed by atoms with Crippen molar-refractivity contribution < 1.29 is 19.7 Å². The summed E-state index contributed by atoms with van der Waals surface area (Å²) in [6.07, 6.45) is 10.6. The molecule has 0 amide bonds. The molecule has 0 radical (unpaired) electrons. The van der Waals surface area contributed by atoms with Crippen molar-refractivity contribution in [2.75, 3.05) is 7.11 Å². The minimum Gasteiger partial charge on any atom is -0.508 e. The molecule has 168 valence electrons. The molecule has 1 aromatic rings. The van der Waals surface area contributed by atoms with Crippen molar-refractivity contribution in [3.05, 3.63) is 47.1 Å². The Labute approximate surface area is 186 Å². The van der Waals surface area contributed by atoms with Crippen molar-refractivity contribution in [3.8, 4) is 11.5 Å². The molecule has 0 bridgehead atoms. The van der Waals surface area contributed by atoms with Crippen molar-refractivity contribution in [2.24, 2.45) is 22.7 Å². The first kappa shape index (κ1) is 22.0. The van der Waals surface area contributed by atoms with E-state index in [-0.39, 0.29) is 22.9 Å². The molecule has 4 nitrogen and oxygen atoms in total. The molecule has 2 N–H and O–H groups in total. The van der Waals surface area contributed by atoms with Gasteiger partial charge in [-0.2, -0.15) is 0 Å². The van der Waals surface area contributed by atoms with Crippen LogP contribution in [0.1, 0.15) is 69.9 Å². The molecule has 31 heavy (non-hydrogen) atoms. The second-order valence-electron chi connectivity index (χ2n) is 10.4. The number of carbonyl (C=O) groups is 1. The highest BCUT2D eigenvalue weighted by Crippen LogP contribution is 2.62. The highest BCUT2D eigenvalue weighted by molar-refractivity contribution is 5.77. The topological polar surface area (TPSA) is 66.8 Å². The number of fused-ring (bicyclic) bond motifs is 2. The van der Waals surface area contributed by atoms with Gasteiger partial charge in [0.2, 0.25) is 0 Å². The fourth-order valence-electron chi connectivity index (χ4n) is 7.12. The maximum absolute atomic E-state index is 12.8. The summed E-state index contributed by atoms with van der Waals surface area (Å²) in [6, 6.07) is 3.16. The van der Waals surface area contributed by atoms with Gasteiger partial charge >= 0.3 is 5.97 Å². The van der Waals surface area contributed by atoms with Gasteiger partial charge in [0, 0.05) is 11.1 Å². The lowest BCUT2D eigenvalue weighted by atomic mass is 9.46. The van der Waals surface area contributed by atoms with Gasteiger partial charge in [-0.05, 0) is 87.7 Å². The first-order chi connectivity index (χ1) is 14.7. The molecular weight excluding hydrogens is 388 g/mol. The number of aromatic hydroxyl groups is 2. The molecule has 0 spiro atoms. The third-order valence-corrected chi connectivity index (χ3v) is 8.81. The van der Waals surface area contributed by atoms with E-state index < -0.39 is 5.41 Å². The first-order valence-electron chi connectivity index (χ1n) is 11.7. The van der Waals surface area contributed by atoms with Crippen molar-refractivity contribution >= 4 is 5.97 Å². The van der Waals surface area contributed by atoms with Gasteiger partial charge < -0.3 is 14.9 Å². The highest BCUT2D eigenvalue weighted by Gasteiger charge is 2.57. The molecule has 4 heteroatoms. The lowest BCUT2D eigenvalue weighted by Crippen LogP contribution is -2.53. The molecule has 4 rings (SSSR count). The third kappa shape index (κ3) is 3.58. The monoisotopic (exact) mass is 424 g/mol. The second-order valence-corrected chi connectivity index (χ2v) is 10.4. The lowest BCUT2D eigenvalue weighted by Gasteiger charge is -2.57. The molecule has 4 atom stereocenters. The van der Waals surface area contributed by atoms with Crippen LogP contribution in [-0.2, 0) is 22.4 Å². The Morgan fingerprint density at radius 1 is 1.19 bits per heavy atom. The molecule has 0 unspecified atom stereocenters. The molecular formula is C27H36O4. The quantitative estimate of drug-likeness (QED) is 0.361. The number of carbonyl (C=O) groups excluding carboxylic acids is 1. The number of ether oxygens (including phenoxy) is 1. The fraction of sp³-hybridized carbons (Fsp3) is 0.593. The summed E-state index contributed by atoms with van der Waals surface area (Å²) in [6.45, 7) is 8.95. The van der Waals surface area contributed by atoms with Crippen LogP contribution in [0.2, 0.25) is 0 Å². The zero-order chi connectivity index (χ0) is 22.4. The number of methoxy groups -OCH3 is 1. The summed E-state index contributed by atoms with van der Waals surface area (Å²) in [5.41, 5.74) is 4.00. The van der Waals surface area contributed by atoms with Crippen LogP contribution in [0.4, 0.5) is 0 Å². The van der Waals surface area contributed by atoms with Gasteiger partial charge in [0.05, 0.1) is 12.5 Å². The Kier molecular flexibility index (Phi) is 5.70. The second kappa shape index (κ2) is 8.03. The van der Waals surface area contributed by atoms with Gasteiger partial charge in [-0.1, -0.05) is 37.1 Å². The molecule has 0 aromatic heterocycles. The van der Waals surface area contributed by atoms with E-state index in [1.807, 2.05) is 0 Å². The number of esters is 1. The van der Waals surface area contributed by atoms with Crippen LogP contribution in [0, 0.1) is 22.7 Å². The lowest BCUT2D eigenvalue weighted by molar-refractivity contribution is -0.168. The van der Waals surface area contributed by atoms with E-state index in [2.05, 4.69) is 26.5 Å². The van der Waals surface area contributed by atoms with Crippen LogP contribution in [0.3, 0.4) is 0 Å². The maximum Gasteiger partial charge on any atom is 0.311 e. The minimum absolute atomic E-state index is 0.0587. The summed E-state index contributed by atoms with van der Waals surface area (Å²) in [5, 5.41) is 20.4. The zero-order valence-corrected chi connectivity index (χ0v) is 19.2. The summed E-state index contributed by atoms with van der Waals surface area (Å²) < 4.78 is 5.24. The third-order valence-electron chi connectivity index (χ3n) is 8.81. The normalized spacial score (nSPS) is 32.6. The van der Waals surface area contributed by atoms with Crippen LogP contribution in [0.5, 0.6) is 11.5 Å². The van der Waals surface area contributed by atoms with Gasteiger partial charge in [0.15, 0.2) is 0 Å². The number of benzene rings is 1. The van der Waals surface area contributed by atoms with Gasteiger partial charge in [-0.15, -0.1) is 0 Å². The molecule has 0 saturated heterocycles. The van der Waals surface area contributed by atoms with Gasteiger partial charge in [0.25, 0.3) is 0 Å². The molecule has 0 heterocycles. The summed E-state index contributed by atoms with van der Waals surface area (Å²) in [5.74, 6) is 1.18. The summed E-state index contributed by atoms with van der Waals surface area (Å²) in [7, 11) is 1.51. The molecule has 2 fully saturated rings. The Morgan fingerprint density at radius 3 is 2.61 bits per heavy atom. The fourth-order valence-corrected chi connectivity index (χ4v) is 7.12. The molecule has 0 aliphatic heterocycles. The van der Waals surface area contributed by atoms with Crippen molar-refractivity contribution in [1.29, 1.82) is 0 Å². The van der Waals surface area contributed by atoms with Gasteiger partial charge in [-0.25, -0.2) is 0 Å². The average Bonchev–Trinajstić information content (AvgIpc) is 2.75. The van der Waals surface area contributed by atoms with Crippen molar-refractivity contribution in [3.63, 3.8) is 0 Å². The number of hydrogen-bond donors (Lipinski definition) is 2. The smallest absolute Gasteiger partial charge is 0.311 e. The van der Waals surface area contributed by atoms with Crippen molar-refractivity contribution in [2.45, 2.75) is 71.6 Å². The van der Waals surface area contributed by atoms with Crippen LogP contribution in [-0.4, -0.2) is 23.3 Å². The largest absolute Gasteiger partial charge is 0.508 e. The predicted molar refractivity (Wildman–Crippen MR) is 122 cm³/mol. The predicted octanol–water partition coefficient (Wildman–Crippen LogP) is 5.85. The van der Waals surface area contributed by atoms with E-state index in [9.17, 15) is 15.0 Å². The van der Waals surface area contributed by atoms with E-state index in [0.717, 1.165) is 56.1 Å². The van der Waals surface area contributed by atoms with Crippen LogP contribution >= 0.6 is 0 Å². The molecule has 2 saturated carbocycles. The number of rotatable bonds is 4. The molecule has 3 aliphatic carbocycles. The first-order valence-corrected chi connectivity index (χ1v) is 11.7. The van der Waals surface area contributed by atoms with E-state index in [1.165, 1.54) is 18.3 Å². The Balaban J connectivity index is 1.53. The summed E-state index contributed by atoms with van der Waals surface area (Å²) >= 11 is 0. The van der Waals surface area contributed by atoms with Crippen LogP contribution in [0.15, 0.2) is 35.9 Å². The van der Waals surface area contributed by atoms with Crippen LogP contribution in [0.25, 0.3) is 0 Å². The summed E-state index contributed by atoms with van der Waals surface area (Å²) in [4.78, 5) is 12.8. The van der Waals surface area contributed by atoms with Gasteiger partial charge in [-0.3, -0.25) is 4.79 Å². The Morgan fingerprint density at radius 2 is 1.90 bits per heavy atom. The number of hydrogen-bond acceptors (Lipinski definition) is 4. The average molecular weight is 425 g/mol. The van der Waals surface area contributed by atoms with E-state index in [1.54, 1.807) is 12.1 Å². The standard InChI is InChI=1S/C27H36O4/c1-17-6-13-24-26(2,14-5-15-27(24,3)25(30)31-4)21(17)10-8-18-7-9-19-20(16-18)23(29)12-11-22(19)28/h7,11-12,21,24,28-29H,1,5-6,8-10,13-16H2,2-4H3/t21-,24+,26+,27-/m0/s1. The zero-order valence-electron chi connectivity index (χ0n) is 19.2. The SMILES string of the molecule is C=C1CC[C@@H]2[C@](C)(CCC[C@]2(C)C(=O)OC)[C@H]1CCC1=CCc2c(O)ccc(O)c2C1. The number of phenolic OH excluding ortho intramolecular Hbond substituents is 2. The maximum atomic E-state index is 12.8. The number of allylic oxidation sites excluding steroid dienone is 3. The van der Waals surface area contributed by atoms with E-state index in [4.69, 9.17) is 4.74 Å². The number of phenols is 2.